The molecule has 1 fully saturated rings. The molecule has 0 amide bonds. The molecule has 0 spiro atoms. The first kappa shape index (κ1) is 11.8. The normalized spacial score (nSPS) is 23.9. The Morgan fingerprint density at radius 1 is 1.29 bits per heavy atom. The van der Waals surface area contributed by atoms with Crippen molar-refractivity contribution in [2.45, 2.75) is 26.4 Å². The maximum absolute atomic E-state index is 11.9. The van der Waals surface area contributed by atoms with Gasteiger partial charge in [-0.15, -0.1) is 0 Å². The second kappa shape index (κ2) is 4.70. The van der Waals surface area contributed by atoms with Gasteiger partial charge in [-0.1, -0.05) is 37.3 Å². The fraction of sp³-hybridized carbons (Fsp3) is 0.429. The first-order chi connectivity index (χ1) is 8.09. The average molecular weight is 232 g/mol. The SMILES string of the molecule is CC(OC(=O)C1CC1C)C(=O)c1ccccc1. The monoisotopic (exact) mass is 232 g/mol. The van der Waals surface area contributed by atoms with Gasteiger partial charge in [0.1, 0.15) is 0 Å². The summed E-state index contributed by atoms with van der Waals surface area (Å²) in [6.45, 7) is 3.63. The van der Waals surface area contributed by atoms with Crippen molar-refractivity contribution in [2.24, 2.45) is 11.8 Å². The van der Waals surface area contributed by atoms with Crippen molar-refractivity contribution < 1.29 is 14.3 Å². The van der Waals surface area contributed by atoms with Crippen LogP contribution in [0.4, 0.5) is 0 Å². The molecule has 0 N–H and O–H groups in total. The van der Waals surface area contributed by atoms with Gasteiger partial charge in [0.25, 0.3) is 0 Å². The maximum atomic E-state index is 11.9. The zero-order chi connectivity index (χ0) is 12.4. The molecule has 3 nitrogen and oxygen atoms in total. The van der Waals surface area contributed by atoms with Gasteiger partial charge in [0, 0.05) is 5.56 Å². The second-order valence-electron chi connectivity index (χ2n) is 4.63. The minimum Gasteiger partial charge on any atom is -0.454 e. The smallest absolute Gasteiger partial charge is 0.309 e. The Kier molecular flexibility index (Phi) is 3.27. The number of Topliss-reactive ketones (excluding diaryl/α,β-unsaturated/α-hetero) is 1. The summed E-state index contributed by atoms with van der Waals surface area (Å²) in [4.78, 5) is 23.5. The van der Waals surface area contributed by atoms with E-state index in [1.807, 2.05) is 13.0 Å². The minimum atomic E-state index is -0.697. The maximum Gasteiger partial charge on any atom is 0.309 e. The lowest BCUT2D eigenvalue weighted by molar-refractivity contribution is -0.148. The summed E-state index contributed by atoms with van der Waals surface area (Å²) >= 11 is 0. The molecule has 3 unspecified atom stereocenters. The van der Waals surface area contributed by atoms with Gasteiger partial charge in [0.15, 0.2) is 6.10 Å². The molecule has 0 aliphatic heterocycles. The number of hydrogen-bond donors (Lipinski definition) is 0. The Morgan fingerprint density at radius 3 is 2.41 bits per heavy atom. The summed E-state index contributed by atoms with van der Waals surface area (Å²) in [6, 6.07) is 8.90. The van der Waals surface area contributed by atoms with Crippen molar-refractivity contribution in [2.75, 3.05) is 0 Å². The van der Waals surface area contributed by atoms with Crippen molar-refractivity contribution >= 4 is 11.8 Å². The van der Waals surface area contributed by atoms with Crippen LogP contribution in [0, 0.1) is 11.8 Å². The van der Waals surface area contributed by atoms with E-state index in [2.05, 4.69) is 0 Å². The average Bonchev–Trinajstić information content (AvgIpc) is 3.06. The summed E-state index contributed by atoms with van der Waals surface area (Å²) in [5, 5.41) is 0. The quantitative estimate of drug-likeness (QED) is 0.591. The molecule has 3 atom stereocenters. The van der Waals surface area contributed by atoms with Crippen LogP contribution in [0.2, 0.25) is 0 Å². The third-order valence-corrected chi connectivity index (χ3v) is 3.13. The zero-order valence-electron chi connectivity index (χ0n) is 10.1. The van der Waals surface area contributed by atoms with Crippen molar-refractivity contribution in [3.05, 3.63) is 35.9 Å². The summed E-state index contributed by atoms with van der Waals surface area (Å²) < 4.78 is 5.17. The molecule has 3 heteroatoms. The number of ether oxygens (including phenoxy) is 1. The van der Waals surface area contributed by atoms with Crippen LogP contribution in [0.3, 0.4) is 0 Å². The highest BCUT2D eigenvalue weighted by atomic mass is 16.5. The molecule has 1 aromatic carbocycles. The van der Waals surface area contributed by atoms with Gasteiger partial charge < -0.3 is 4.74 Å². The fourth-order valence-electron chi connectivity index (χ4n) is 1.80. The van der Waals surface area contributed by atoms with Crippen LogP contribution in [0.25, 0.3) is 0 Å². The van der Waals surface area contributed by atoms with E-state index < -0.39 is 6.10 Å². The highest BCUT2D eigenvalue weighted by Crippen LogP contribution is 2.38. The number of rotatable bonds is 4. The van der Waals surface area contributed by atoms with Crippen LogP contribution in [0.5, 0.6) is 0 Å². The van der Waals surface area contributed by atoms with Gasteiger partial charge in [-0.05, 0) is 19.3 Å². The Balaban J connectivity index is 1.94. The Morgan fingerprint density at radius 2 is 1.88 bits per heavy atom. The lowest BCUT2D eigenvalue weighted by Crippen LogP contribution is -2.25. The Labute approximate surface area is 101 Å². The van der Waals surface area contributed by atoms with Crippen LogP contribution in [-0.4, -0.2) is 17.9 Å². The van der Waals surface area contributed by atoms with Crippen LogP contribution in [-0.2, 0) is 9.53 Å². The van der Waals surface area contributed by atoms with E-state index in [4.69, 9.17) is 4.74 Å². The number of carbonyl (C=O) groups is 2. The van der Waals surface area contributed by atoms with Gasteiger partial charge in [0.2, 0.25) is 5.78 Å². The fourth-order valence-corrected chi connectivity index (χ4v) is 1.80. The third-order valence-electron chi connectivity index (χ3n) is 3.13. The van der Waals surface area contributed by atoms with Crippen molar-refractivity contribution in [3.8, 4) is 0 Å². The topological polar surface area (TPSA) is 43.4 Å². The first-order valence-corrected chi connectivity index (χ1v) is 5.89. The first-order valence-electron chi connectivity index (χ1n) is 5.89. The highest BCUT2D eigenvalue weighted by Gasteiger charge is 2.41. The van der Waals surface area contributed by atoms with Gasteiger partial charge in [-0.3, -0.25) is 9.59 Å². The number of hydrogen-bond acceptors (Lipinski definition) is 3. The lowest BCUT2D eigenvalue weighted by atomic mass is 10.1. The molecule has 0 aromatic heterocycles. The summed E-state index contributed by atoms with van der Waals surface area (Å²) in [5.74, 6) is 0.0177. The molecule has 0 heterocycles. The molecule has 1 aliphatic carbocycles. The number of benzene rings is 1. The molecule has 0 saturated heterocycles. The second-order valence-corrected chi connectivity index (χ2v) is 4.63. The van der Waals surface area contributed by atoms with Crippen molar-refractivity contribution in [1.29, 1.82) is 0 Å². The van der Waals surface area contributed by atoms with Crippen LogP contribution in [0.1, 0.15) is 30.6 Å². The van der Waals surface area contributed by atoms with Crippen LogP contribution < -0.4 is 0 Å². The predicted molar refractivity (Wildman–Crippen MR) is 63.6 cm³/mol. The van der Waals surface area contributed by atoms with E-state index in [9.17, 15) is 9.59 Å². The van der Waals surface area contributed by atoms with E-state index in [1.54, 1.807) is 31.2 Å². The Bertz CT molecular complexity index is 424. The number of carbonyl (C=O) groups excluding carboxylic acids is 2. The lowest BCUT2D eigenvalue weighted by Gasteiger charge is -2.12. The van der Waals surface area contributed by atoms with E-state index in [0.717, 1.165) is 6.42 Å². The molecular formula is C14H16O3. The van der Waals surface area contributed by atoms with E-state index in [-0.39, 0.29) is 17.7 Å². The van der Waals surface area contributed by atoms with Gasteiger partial charge in [-0.25, -0.2) is 0 Å². The van der Waals surface area contributed by atoms with Gasteiger partial charge in [0.05, 0.1) is 5.92 Å². The molecule has 1 aromatic rings. The molecule has 0 radical (unpaired) electrons. The highest BCUT2D eigenvalue weighted by molar-refractivity contribution is 6.00. The molecule has 1 aliphatic rings. The molecule has 1 saturated carbocycles. The Hall–Kier alpha value is -1.64. The van der Waals surface area contributed by atoms with Gasteiger partial charge in [-0.2, -0.15) is 0 Å². The predicted octanol–water partition coefficient (Wildman–Crippen LogP) is 2.46. The van der Waals surface area contributed by atoms with Crippen LogP contribution in [0.15, 0.2) is 30.3 Å². The zero-order valence-corrected chi connectivity index (χ0v) is 10.1. The largest absolute Gasteiger partial charge is 0.454 e. The van der Waals surface area contributed by atoms with Crippen molar-refractivity contribution in [1.82, 2.24) is 0 Å². The molecular weight excluding hydrogens is 216 g/mol. The van der Waals surface area contributed by atoms with E-state index in [0.29, 0.717) is 11.5 Å². The summed E-state index contributed by atoms with van der Waals surface area (Å²) in [6.07, 6.45) is 0.183. The number of ketones is 1. The molecule has 17 heavy (non-hydrogen) atoms. The van der Waals surface area contributed by atoms with E-state index >= 15 is 0 Å². The summed E-state index contributed by atoms with van der Waals surface area (Å²) in [7, 11) is 0. The molecule has 90 valence electrons. The standard InChI is InChI=1S/C14H16O3/c1-9-8-12(9)14(16)17-10(2)13(15)11-6-4-3-5-7-11/h3-7,9-10,12H,8H2,1-2H3. The minimum absolute atomic E-state index is 0.000948. The number of esters is 1. The molecule has 0 bridgehead atoms. The molecule has 2 rings (SSSR count). The summed E-state index contributed by atoms with van der Waals surface area (Å²) in [5.41, 5.74) is 0.580. The van der Waals surface area contributed by atoms with Crippen LogP contribution >= 0.6 is 0 Å². The van der Waals surface area contributed by atoms with E-state index in [1.165, 1.54) is 0 Å². The van der Waals surface area contributed by atoms with Crippen molar-refractivity contribution in [3.63, 3.8) is 0 Å². The van der Waals surface area contributed by atoms with Gasteiger partial charge >= 0.3 is 5.97 Å². The third kappa shape index (κ3) is 2.73.